The second-order valence-electron chi connectivity index (χ2n) is 8.85. The van der Waals surface area contributed by atoms with E-state index in [4.69, 9.17) is 25.8 Å². The standard InChI is InChI=1S/C28H25ClN4O5/c1-36-23-13-19-21(14-24(23)37-2)30-11-8-22(19)38-25-20(29)12-18(16-31-25)33-27(35)28(9-10-28)26(34)32-15-17-6-4-3-5-7-17/h3-8,11-14,16H,9-10,15H2,1-2H3,(H,32,34)(H,33,35). The second-order valence-corrected chi connectivity index (χ2v) is 9.26. The van der Waals surface area contributed by atoms with E-state index >= 15 is 0 Å². The first-order valence-corrected chi connectivity index (χ1v) is 12.3. The molecule has 10 heteroatoms. The summed E-state index contributed by atoms with van der Waals surface area (Å²) in [5, 5.41) is 6.50. The largest absolute Gasteiger partial charge is 0.493 e. The van der Waals surface area contributed by atoms with Gasteiger partial charge in [0.25, 0.3) is 0 Å². The minimum Gasteiger partial charge on any atom is -0.493 e. The van der Waals surface area contributed by atoms with Gasteiger partial charge in [-0.25, -0.2) is 4.98 Å². The number of amides is 2. The first kappa shape index (κ1) is 25.3. The molecule has 5 rings (SSSR count). The van der Waals surface area contributed by atoms with Gasteiger partial charge in [-0.15, -0.1) is 0 Å². The molecule has 0 unspecified atom stereocenters. The van der Waals surface area contributed by atoms with Gasteiger partial charge in [0.05, 0.1) is 31.6 Å². The fraction of sp³-hybridized carbons (Fsp3) is 0.214. The highest BCUT2D eigenvalue weighted by Crippen LogP contribution is 2.47. The summed E-state index contributed by atoms with van der Waals surface area (Å²) in [7, 11) is 3.10. The maximum Gasteiger partial charge on any atom is 0.240 e. The van der Waals surface area contributed by atoms with Crippen LogP contribution in [0.4, 0.5) is 5.69 Å². The van der Waals surface area contributed by atoms with Crippen LogP contribution in [0.3, 0.4) is 0 Å². The van der Waals surface area contributed by atoms with Crippen molar-refractivity contribution in [2.75, 3.05) is 19.5 Å². The molecular formula is C28H25ClN4O5. The fourth-order valence-electron chi connectivity index (χ4n) is 4.09. The number of aromatic nitrogens is 2. The van der Waals surface area contributed by atoms with Crippen molar-refractivity contribution in [3.05, 3.63) is 77.6 Å². The van der Waals surface area contributed by atoms with E-state index in [0.717, 1.165) is 5.56 Å². The summed E-state index contributed by atoms with van der Waals surface area (Å²) in [6.07, 6.45) is 3.99. The van der Waals surface area contributed by atoms with Crippen molar-refractivity contribution >= 4 is 40.0 Å². The number of nitrogens with zero attached hydrogens (tertiary/aromatic N) is 2. The minimum absolute atomic E-state index is 0.147. The molecule has 38 heavy (non-hydrogen) atoms. The highest BCUT2D eigenvalue weighted by Gasteiger charge is 2.56. The van der Waals surface area contributed by atoms with Crippen LogP contribution in [0.25, 0.3) is 10.9 Å². The Morgan fingerprint density at radius 1 is 0.947 bits per heavy atom. The smallest absolute Gasteiger partial charge is 0.240 e. The fourth-order valence-corrected chi connectivity index (χ4v) is 4.29. The van der Waals surface area contributed by atoms with Crippen LogP contribution in [0.1, 0.15) is 18.4 Å². The number of rotatable bonds is 9. The summed E-state index contributed by atoms with van der Waals surface area (Å²) in [6.45, 7) is 0.358. The summed E-state index contributed by atoms with van der Waals surface area (Å²) in [5.41, 5.74) is 0.871. The Kier molecular flexibility index (Phi) is 7.02. The molecule has 2 amide bonds. The van der Waals surface area contributed by atoms with Crippen molar-refractivity contribution in [2.24, 2.45) is 5.41 Å². The Hall–Kier alpha value is -4.37. The number of carbonyl (C=O) groups is 2. The molecule has 2 aromatic heterocycles. The quantitative estimate of drug-likeness (QED) is 0.287. The zero-order chi connectivity index (χ0) is 26.7. The van der Waals surface area contributed by atoms with Crippen molar-refractivity contribution in [3.63, 3.8) is 0 Å². The first-order valence-electron chi connectivity index (χ1n) is 11.9. The molecule has 1 aliphatic carbocycles. The SMILES string of the molecule is COc1cc2nccc(Oc3ncc(NC(=O)C4(C(=O)NCc5ccccc5)CC4)cc3Cl)c2cc1OC. The third-order valence-corrected chi connectivity index (χ3v) is 6.66. The van der Waals surface area contributed by atoms with Crippen molar-refractivity contribution in [2.45, 2.75) is 19.4 Å². The van der Waals surface area contributed by atoms with E-state index in [1.165, 1.54) is 12.3 Å². The Bertz CT molecular complexity index is 1510. The number of methoxy groups -OCH3 is 2. The van der Waals surface area contributed by atoms with E-state index in [1.807, 2.05) is 30.3 Å². The Balaban J connectivity index is 1.28. The second kappa shape index (κ2) is 10.5. The third kappa shape index (κ3) is 5.05. The number of hydrogen-bond acceptors (Lipinski definition) is 7. The summed E-state index contributed by atoms with van der Waals surface area (Å²) >= 11 is 6.45. The lowest BCUT2D eigenvalue weighted by atomic mass is 10.0. The lowest BCUT2D eigenvalue weighted by Gasteiger charge is -2.16. The van der Waals surface area contributed by atoms with Crippen LogP contribution in [-0.2, 0) is 16.1 Å². The zero-order valence-electron chi connectivity index (χ0n) is 20.8. The zero-order valence-corrected chi connectivity index (χ0v) is 21.5. The summed E-state index contributed by atoms with van der Waals surface area (Å²) < 4.78 is 16.7. The maximum absolute atomic E-state index is 13.0. The van der Waals surface area contributed by atoms with Crippen LogP contribution in [0, 0.1) is 5.41 Å². The van der Waals surface area contributed by atoms with Crippen LogP contribution < -0.4 is 24.8 Å². The average molecular weight is 533 g/mol. The van der Waals surface area contributed by atoms with Crippen molar-refractivity contribution in [1.29, 1.82) is 0 Å². The van der Waals surface area contributed by atoms with Crippen LogP contribution in [0.2, 0.25) is 5.02 Å². The molecule has 9 nitrogen and oxygen atoms in total. The number of nitrogens with one attached hydrogen (secondary N) is 2. The Morgan fingerprint density at radius 3 is 2.37 bits per heavy atom. The van der Waals surface area contributed by atoms with Crippen LogP contribution in [-0.4, -0.2) is 36.0 Å². The number of benzene rings is 2. The van der Waals surface area contributed by atoms with Gasteiger partial charge in [-0.05, 0) is 36.6 Å². The highest BCUT2D eigenvalue weighted by atomic mass is 35.5. The van der Waals surface area contributed by atoms with E-state index in [9.17, 15) is 9.59 Å². The molecule has 1 saturated carbocycles. The molecule has 2 aromatic carbocycles. The summed E-state index contributed by atoms with van der Waals surface area (Å²) in [5.74, 6) is 0.993. The molecule has 2 N–H and O–H groups in total. The molecule has 4 aromatic rings. The topological polar surface area (TPSA) is 112 Å². The molecule has 194 valence electrons. The van der Waals surface area contributed by atoms with Gasteiger partial charge in [0.2, 0.25) is 17.7 Å². The van der Waals surface area contributed by atoms with Crippen molar-refractivity contribution in [3.8, 4) is 23.1 Å². The number of pyridine rings is 2. The summed E-state index contributed by atoms with van der Waals surface area (Å²) in [4.78, 5) is 34.4. The molecule has 0 bridgehead atoms. The number of ether oxygens (including phenoxy) is 3. The number of anilines is 1. The van der Waals surface area contributed by atoms with E-state index < -0.39 is 11.3 Å². The number of carbonyl (C=O) groups excluding carboxylic acids is 2. The van der Waals surface area contributed by atoms with Crippen LogP contribution in [0.15, 0.2) is 67.0 Å². The average Bonchev–Trinajstić information content (AvgIpc) is 3.75. The number of fused-ring (bicyclic) bond motifs is 1. The molecule has 1 aliphatic rings. The molecule has 2 heterocycles. The Morgan fingerprint density at radius 2 is 1.68 bits per heavy atom. The molecular weight excluding hydrogens is 508 g/mol. The molecule has 0 aliphatic heterocycles. The number of halogens is 1. The van der Waals surface area contributed by atoms with Gasteiger partial charge in [0, 0.05) is 24.2 Å². The molecule has 0 radical (unpaired) electrons. The predicted octanol–water partition coefficient (Wildman–Crippen LogP) is 5.13. The van der Waals surface area contributed by atoms with E-state index in [1.54, 1.807) is 38.6 Å². The monoisotopic (exact) mass is 532 g/mol. The lowest BCUT2D eigenvalue weighted by Crippen LogP contribution is -2.39. The van der Waals surface area contributed by atoms with Gasteiger partial charge in [-0.2, -0.15) is 0 Å². The minimum atomic E-state index is -1.09. The molecule has 0 saturated heterocycles. The molecule has 0 atom stereocenters. The lowest BCUT2D eigenvalue weighted by molar-refractivity contribution is -0.134. The van der Waals surface area contributed by atoms with Gasteiger partial charge in [0.1, 0.15) is 16.2 Å². The third-order valence-electron chi connectivity index (χ3n) is 6.39. The van der Waals surface area contributed by atoms with Gasteiger partial charge in [-0.3, -0.25) is 14.6 Å². The highest BCUT2D eigenvalue weighted by molar-refractivity contribution is 6.32. The van der Waals surface area contributed by atoms with Crippen molar-refractivity contribution < 1.29 is 23.8 Å². The number of hydrogen-bond donors (Lipinski definition) is 2. The van der Waals surface area contributed by atoms with Crippen LogP contribution >= 0.6 is 11.6 Å². The van der Waals surface area contributed by atoms with Crippen LogP contribution in [0.5, 0.6) is 23.1 Å². The van der Waals surface area contributed by atoms with Gasteiger partial charge >= 0.3 is 0 Å². The van der Waals surface area contributed by atoms with E-state index in [2.05, 4.69) is 20.6 Å². The molecule has 0 spiro atoms. The van der Waals surface area contributed by atoms with E-state index in [0.29, 0.717) is 53.2 Å². The van der Waals surface area contributed by atoms with Gasteiger partial charge in [0.15, 0.2) is 11.5 Å². The predicted molar refractivity (Wildman–Crippen MR) is 143 cm³/mol. The van der Waals surface area contributed by atoms with Crippen molar-refractivity contribution in [1.82, 2.24) is 15.3 Å². The maximum atomic E-state index is 13.0. The Labute approximate surface area is 224 Å². The normalized spacial score (nSPS) is 13.4. The molecule has 1 fully saturated rings. The van der Waals surface area contributed by atoms with Gasteiger partial charge < -0.3 is 24.8 Å². The van der Waals surface area contributed by atoms with Gasteiger partial charge in [-0.1, -0.05) is 41.9 Å². The first-order chi connectivity index (χ1) is 18.4. The summed E-state index contributed by atoms with van der Waals surface area (Å²) in [6, 6.07) is 16.3. The van der Waals surface area contributed by atoms with E-state index in [-0.39, 0.29) is 16.8 Å².